The highest BCUT2D eigenvalue weighted by molar-refractivity contribution is 6.01. The normalized spacial score (nSPS) is 17.6. The van der Waals surface area contributed by atoms with Crippen molar-refractivity contribution in [3.05, 3.63) is 36.5 Å². The lowest BCUT2D eigenvalue weighted by Crippen LogP contribution is -2.48. The van der Waals surface area contributed by atoms with E-state index in [1.165, 1.54) is 12.0 Å². The van der Waals surface area contributed by atoms with Gasteiger partial charge in [-0.1, -0.05) is 0 Å². The second-order valence-electron chi connectivity index (χ2n) is 10.2. The molecule has 0 spiro atoms. The van der Waals surface area contributed by atoms with Crippen molar-refractivity contribution in [3.63, 3.8) is 0 Å². The van der Waals surface area contributed by atoms with Crippen molar-refractivity contribution in [2.75, 3.05) is 45.8 Å². The molecule has 1 fully saturated rings. The van der Waals surface area contributed by atoms with E-state index < -0.39 is 17.3 Å². The number of rotatable bonds is 8. The first-order chi connectivity index (χ1) is 18.0. The molecular formula is C27H35N5O6. The van der Waals surface area contributed by atoms with Crippen LogP contribution in [0.25, 0.3) is 22.2 Å². The van der Waals surface area contributed by atoms with E-state index >= 15 is 0 Å². The van der Waals surface area contributed by atoms with Crippen LogP contribution in [0.15, 0.2) is 36.5 Å². The van der Waals surface area contributed by atoms with Crippen LogP contribution in [0.4, 0.5) is 10.5 Å². The SMILES string of the molecule is COCCOc1ccc(-c2nn(C)c3ccc(NC(=O)[C@]4(OC)CCN(C(=O)OC(C)(C)C)C4)cc23)cn1. The van der Waals surface area contributed by atoms with E-state index in [1.807, 2.05) is 31.3 Å². The maximum absolute atomic E-state index is 13.4. The molecule has 11 nitrogen and oxygen atoms in total. The number of anilines is 1. The lowest BCUT2D eigenvalue weighted by atomic mass is 10.0. The predicted octanol–water partition coefficient (Wildman–Crippen LogP) is 3.63. The van der Waals surface area contributed by atoms with E-state index in [0.717, 1.165) is 22.2 Å². The van der Waals surface area contributed by atoms with Crippen LogP contribution in [0.5, 0.6) is 5.88 Å². The van der Waals surface area contributed by atoms with Gasteiger partial charge >= 0.3 is 6.09 Å². The summed E-state index contributed by atoms with van der Waals surface area (Å²) in [5, 5.41) is 8.50. The number of fused-ring (bicyclic) bond motifs is 1. The number of methoxy groups -OCH3 is 2. The highest BCUT2D eigenvalue weighted by atomic mass is 16.6. The predicted molar refractivity (Wildman–Crippen MR) is 142 cm³/mol. The minimum atomic E-state index is -1.17. The summed E-state index contributed by atoms with van der Waals surface area (Å²) in [7, 11) is 4.96. The second kappa shape index (κ2) is 11.0. The van der Waals surface area contributed by atoms with Crippen LogP contribution in [-0.2, 0) is 26.1 Å². The van der Waals surface area contributed by atoms with Crippen molar-refractivity contribution >= 4 is 28.6 Å². The Balaban J connectivity index is 1.53. The van der Waals surface area contributed by atoms with Crippen LogP contribution in [0.1, 0.15) is 27.2 Å². The third-order valence-electron chi connectivity index (χ3n) is 6.34. The Morgan fingerprint density at radius 1 is 1.13 bits per heavy atom. The van der Waals surface area contributed by atoms with Gasteiger partial charge in [0.2, 0.25) is 5.88 Å². The molecule has 1 aromatic carbocycles. The van der Waals surface area contributed by atoms with Gasteiger partial charge in [0.05, 0.1) is 18.7 Å². The number of amides is 2. The first-order valence-corrected chi connectivity index (χ1v) is 12.4. The summed E-state index contributed by atoms with van der Waals surface area (Å²) < 4.78 is 23.5. The smallest absolute Gasteiger partial charge is 0.410 e. The van der Waals surface area contributed by atoms with Gasteiger partial charge in [-0.25, -0.2) is 9.78 Å². The van der Waals surface area contributed by atoms with Gasteiger partial charge in [-0.05, 0) is 45.0 Å². The Morgan fingerprint density at radius 2 is 1.92 bits per heavy atom. The van der Waals surface area contributed by atoms with Gasteiger partial charge in [0.1, 0.15) is 17.9 Å². The van der Waals surface area contributed by atoms with Gasteiger partial charge in [0, 0.05) is 63.1 Å². The molecular weight excluding hydrogens is 490 g/mol. The third kappa shape index (κ3) is 5.89. The molecule has 0 radical (unpaired) electrons. The number of carbonyl (C=O) groups is 2. The molecule has 38 heavy (non-hydrogen) atoms. The Labute approximate surface area is 222 Å². The zero-order valence-electron chi connectivity index (χ0n) is 22.7. The van der Waals surface area contributed by atoms with Crippen LogP contribution >= 0.6 is 0 Å². The summed E-state index contributed by atoms with van der Waals surface area (Å²) in [6.07, 6.45) is 1.60. The minimum absolute atomic E-state index is 0.106. The van der Waals surface area contributed by atoms with Crippen LogP contribution in [-0.4, -0.2) is 83.4 Å². The zero-order valence-corrected chi connectivity index (χ0v) is 22.7. The Kier molecular flexibility index (Phi) is 7.89. The summed E-state index contributed by atoms with van der Waals surface area (Å²) in [4.78, 5) is 31.8. The fraction of sp³-hybridized carbons (Fsp3) is 0.481. The molecule has 1 aliphatic heterocycles. The summed E-state index contributed by atoms with van der Waals surface area (Å²) in [6.45, 7) is 6.78. The standard InChI is InChI=1S/C27H35N5O6/c1-26(2,3)38-25(34)32-12-11-27(17-32,36-6)24(33)29-19-8-9-21-20(15-19)23(30-31(21)4)18-7-10-22(28-16-18)37-14-13-35-5/h7-10,15-16H,11-14,17H2,1-6H3,(H,29,33)/t27-/m0/s1. The van der Waals surface area contributed by atoms with Gasteiger partial charge in [-0.2, -0.15) is 5.10 Å². The number of hydrogen-bond acceptors (Lipinski definition) is 8. The summed E-state index contributed by atoms with van der Waals surface area (Å²) in [5.74, 6) is 0.177. The molecule has 0 unspecified atom stereocenters. The van der Waals surface area contributed by atoms with Gasteiger partial charge in [-0.3, -0.25) is 9.48 Å². The maximum atomic E-state index is 13.4. The fourth-order valence-corrected chi connectivity index (χ4v) is 4.35. The van der Waals surface area contributed by atoms with Crippen molar-refractivity contribution in [2.45, 2.75) is 38.4 Å². The first-order valence-electron chi connectivity index (χ1n) is 12.4. The summed E-state index contributed by atoms with van der Waals surface area (Å²) in [5.41, 5.74) is 1.24. The highest BCUT2D eigenvalue weighted by Gasteiger charge is 2.47. The van der Waals surface area contributed by atoms with Gasteiger partial charge in [0.25, 0.3) is 5.91 Å². The van der Waals surface area contributed by atoms with E-state index in [1.54, 1.807) is 44.8 Å². The van der Waals surface area contributed by atoms with Gasteiger partial charge < -0.3 is 29.2 Å². The van der Waals surface area contributed by atoms with E-state index in [0.29, 0.717) is 37.7 Å². The molecule has 204 valence electrons. The molecule has 1 aliphatic rings. The number of ether oxygens (including phenoxy) is 4. The average molecular weight is 526 g/mol. The molecule has 4 rings (SSSR count). The zero-order chi connectivity index (χ0) is 27.5. The number of carbonyl (C=O) groups excluding carboxylic acids is 2. The van der Waals surface area contributed by atoms with Crippen LogP contribution < -0.4 is 10.1 Å². The maximum Gasteiger partial charge on any atom is 0.410 e. The first kappa shape index (κ1) is 27.3. The molecule has 0 aliphatic carbocycles. The van der Waals surface area contributed by atoms with Gasteiger partial charge in [0.15, 0.2) is 5.60 Å². The Bertz CT molecular complexity index is 1300. The monoisotopic (exact) mass is 525 g/mol. The van der Waals surface area contributed by atoms with E-state index in [9.17, 15) is 9.59 Å². The van der Waals surface area contributed by atoms with E-state index in [-0.39, 0.29) is 12.5 Å². The number of benzene rings is 1. The van der Waals surface area contributed by atoms with Crippen LogP contribution in [0.3, 0.4) is 0 Å². The molecule has 1 N–H and O–H groups in total. The van der Waals surface area contributed by atoms with Crippen LogP contribution in [0, 0.1) is 0 Å². The molecule has 3 aromatic rings. The number of nitrogens with one attached hydrogen (secondary N) is 1. The molecule has 2 aromatic heterocycles. The lowest BCUT2D eigenvalue weighted by Gasteiger charge is -2.28. The number of likely N-dealkylation sites (tertiary alicyclic amines) is 1. The molecule has 2 amide bonds. The number of aromatic nitrogens is 3. The molecule has 0 saturated carbocycles. The third-order valence-corrected chi connectivity index (χ3v) is 6.34. The van der Waals surface area contributed by atoms with Crippen molar-refractivity contribution in [1.82, 2.24) is 19.7 Å². The minimum Gasteiger partial charge on any atom is -0.475 e. The molecule has 1 saturated heterocycles. The Morgan fingerprint density at radius 3 is 2.58 bits per heavy atom. The van der Waals surface area contributed by atoms with Crippen molar-refractivity contribution in [2.24, 2.45) is 7.05 Å². The molecule has 0 bridgehead atoms. The van der Waals surface area contributed by atoms with Crippen LogP contribution in [0.2, 0.25) is 0 Å². The fourth-order valence-electron chi connectivity index (χ4n) is 4.35. The van der Waals surface area contributed by atoms with Crippen molar-refractivity contribution in [3.8, 4) is 17.1 Å². The second-order valence-corrected chi connectivity index (χ2v) is 10.2. The number of nitrogens with zero attached hydrogens (tertiary/aromatic N) is 4. The quantitative estimate of drug-likeness (QED) is 0.443. The highest BCUT2D eigenvalue weighted by Crippen LogP contribution is 2.32. The lowest BCUT2D eigenvalue weighted by molar-refractivity contribution is -0.136. The topological polar surface area (TPSA) is 117 Å². The number of hydrogen-bond donors (Lipinski definition) is 1. The van der Waals surface area contributed by atoms with E-state index in [4.69, 9.17) is 18.9 Å². The van der Waals surface area contributed by atoms with Gasteiger partial charge in [-0.15, -0.1) is 0 Å². The largest absolute Gasteiger partial charge is 0.475 e. The summed E-state index contributed by atoms with van der Waals surface area (Å²) >= 11 is 0. The van der Waals surface area contributed by atoms with Crippen molar-refractivity contribution in [1.29, 1.82) is 0 Å². The molecule has 1 atom stereocenters. The molecule has 3 heterocycles. The Hall–Kier alpha value is -3.70. The van der Waals surface area contributed by atoms with Crippen molar-refractivity contribution < 1.29 is 28.5 Å². The average Bonchev–Trinajstić information content (AvgIpc) is 3.46. The number of aryl methyl sites for hydroxylation is 1. The van der Waals surface area contributed by atoms with E-state index in [2.05, 4.69) is 15.4 Å². The molecule has 11 heteroatoms. The number of pyridine rings is 1. The summed E-state index contributed by atoms with van der Waals surface area (Å²) in [6, 6.07) is 9.28.